The third-order valence-electron chi connectivity index (χ3n) is 0.175. The predicted octanol–water partition coefficient (Wildman–Crippen LogP) is 0.901. The van der Waals surface area contributed by atoms with E-state index in [2.05, 4.69) is 0 Å². The van der Waals surface area contributed by atoms with E-state index < -0.39 is 0 Å². The van der Waals surface area contributed by atoms with E-state index in [1.54, 1.807) is 6.08 Å². The fraction of sp³-hybridized carbons (Fsp3) is 0. The zero-order valence-corrected chi connectivity index (χ0v) is 5.57. The van der Waals surface area contributed by atoms with Gasteiger partial charge in [0.15, 0.2) is 0 Å². The van der Waals surface area contributed by atoms with Gasteiger partial charge in [0, 0.05) is 0 Å². The van der Waals surface area contributed by atoms with Crippen LogP contribution in [0.4, 0.5) is 0 Å². The summed E-state index contributed by atoms with van der Waals surface area (Å²) >= 11 is 1.39. The van der Waals surface area contributed by atoms with E-state index in [1.165, 1.54) is 25.6 Å². The van der Waals surface area contributed by atoms with Crippen LogP contribution in [0, 0.1) is 0 Å². The average molecular weight is 238 g/mol. The molecule has 0 saturated heterocycles. The van der Waals surface area contributed by atoms with Crippen LogP contribution in [0.5, 0.6) is 0 Å². The molecular weight excluding hydrogens is 234 g/mol. The van der Waals surface area contributed by atoms with Gasteiger partial charge in [0.05, 0.1) is 0 Å². The van der Waals surface area contributed by atoms with E-state index in [9.17, 15) is 0 Å². The van der Waals surface area contributed by atoms with Crippen LogP contribution in [0.2, 0.25) is 0 Å². The molecule has 1 N–H and O–H groups in total. The Morgan fingerprint density at radius 1 is 1.60 bits per heavy atom. The van der Waals surface area contributed by atoms with E-state index in [0.717, 1.165) is 0 Å². The second-order valence-electron chi connectivity index (χ2n) is 0.495. The van der Waals surface area contributed by atoms with Crippen molar-refractivity contribution in [2.75, 3.05) is 0 Å². The standard InChI is InChI=1S/C3H4N.W/c1-2-3-4;/h1-4H;/q-1;/b3-2-;. The first-order valence-corrected chi connectivity index (χ1v) is 2.88. The van der Waals surface area contributed by atoms with Gasteiger partial charge in [0.2, 0.25) is 0 Å². The van der Waals surface area contributed by atoms with Gasteiger partial charge in [-0.25, -0.2) is 0 Å². The minimum atomic E-state index is 1.27. The fourth-order valence-corrected chi connectivity index (χ4v) is 0.322. The van der Waals surface area contributed by atoms with E-state index in [0.29, 0.717) is 0 Å². The maximum absolute atomic E-state index is 6.40. The molecule has 0 amide bonds. The van der Waals surface area contributed by atoms with Gasteiger partial charge in [-0.05, 0) is 0 Å². The van der Waals surface area contributed by atoms with E-state index >= 15 is 0 Å². The molecule has 0 bridgehead atoms. The van der Waals surface area contributed by atoms with Crippen LogP contribution < -0.4 is 0 Å². The maximum atomic E-state index is 6.40. The summed E-state index contributed by atoms with van der Waals surface area (Å²) < 4.78 is 1.90. The Kier molecular flexibility index (Phi) is 4.18. The van der Waals surface area contributed by atoms with E-state index in [4.69, 9.17) is 5.73 Å². The molecule has 0 aromatic rings. The second kappa shape index (κ2) is 4.10. The van der Waals surface area contributed by atoms with Gasteiger partial charge in [-0.2, -0.15) is 0 Å². The molecule has 0 heterocycles. The number of allylic oxidation sites excluding steroid dienone is 1. The molecule has 2 heteroatoms. The predicted molar refractivity (Wildman–Crippen MR) is 19.5 cm³/mol. The van der Waals surface area contributed by atoms with Crippen LogP contribution in [-0.2, 0) is 19.4 Å². The molecule has 0 aliphatic rings. The SMILES string of the molecule is [NH-]/C=C\[CH]=[W]. The zero-order valence-electron chi connectivity index (χ0n) is 2.64. The molecule has 0 unspecified atom stereocenters. The summed E-state index contributed by atoms with van der Waals surface area (Å²) in [4.78, 5) is 0. The molecule has 5 heavy (non-hydrogen) atoms. The molecule has 28 valence electrons. The molecule has 0 atom stereocenters. The van der Waals surface area contributed by atoms with Crippen LogP contribution in [0.15, 0.2) is 12.3 Å². The molecular formula is C3H4NW-. The summed E-state index contributed by atoms with van der Waals surface area (Å²) in [6.07, 6.45) is 2.97. The van der Waals surface area contributed by atoms with Crippen molar-refractivity contribution >= 4 is 4.40 Å². The van der Waals surface area contributed by atoms with Gasteiger partial charge in [-0.1, -0.05) is 0 Å². The van der Waals surface area contributed by atoms with Crippen LogP contribution >= 0.6 is 0 Å². The van der Waals surface area contributed by atoms with E-state index in [1.807, 2.05) is 4.40 Å². The van der Waals surface area contributed by atoms with Crippen molar-refractivity contribution in [3.05, 3.63) is 18.0 Å². The third-order valence-corrected chi connectivity index (χ3v) is 0.739. The topological polar surface area (TPSA) is 23.8 Å². The number of nitrogens with one attached hydrogen (secondary N) is 1. The fourth-order valence-electron chi connectivity index (χ4n) is 0.0393. The van der Waals surface area contributed by atoms with Crippen molar-refractivity contribution in [3.8, 4) is 0 Å². The number of rotatable bonds is 1. The van der Waals surface area contributed by atoms with Crippen LogP contribution in [-0.4, -0.2) is 4.40 Å². The molecule has 0 aliphatic heterocycles. The minimum absolute atomic E-state index is 1.27. The molecule has 0 aromatic carbocycles. The third kappa shape index (κ3) is 4.10. The Morgan fingerprint density at radius 3 is 2.20 bits per heavy atom. The van der Waals surface area contributed by atoms with Crippen molar-refractivity contribution in [1.82, 2.24) is 0 Å². The first kappa shape index (κ1) is 5.10. The summed E-state index contributed by atoms with van der Waals surface area (Å²) in [6, 6.07) is 0. The molecule has 0 spiro atoms. The summed E-state index contributed by atoms with van der Waals surface area (Å²) in [5, 5.41) is 0. The second-order valence-corrected chi connectivity index (χ2v) is 1.47. The van der Waals surface area contributed by atoms with Crippen molar-refractivity contribution in [3.63, 3.8) is 0 Å². The normalized spacial score (nSPS) is 8.80. The summed E-state index contributed by atoms with van der Waals surface area (Å²) in [6.45, 7) is 0. The first-order valence-electron chi connectivity index (χ1n) is 1.19. The summed E-state index contributed by atoms with van der Waals surface area (Å²) in [5.74, 6) is 0. The Labute approximate surface area is 42.3 Å². The quantitative estimate of drug-likeness (QED) is 0.648. The van der Waals surface area contributed by atoms with Gasteiger partial charge in [0.1, 0.15) is 0 Å². The van der Waals surface area contributed by atoms with Gasteiger partial charge < -0.3 is 0 Å². The molecule has 0 radical (unpaired) electrons. The Balaban J connectivity index is 2.92. The Bertz CT molecular complexity index is 48.9. The Morgan fingerprint density at radius 2 is 2.20 bits per heavy atom. The number of hydrogen-bond donors (Lipinski definition) is 0. The summed E-state index contributed by atoms with van der Waals surface area (Å²) in [5.41, 5.74) is 6.40. The molecule has 0 rings (SSSR count). The van der Waals surface area contributed by atoms with Gasteiger partial charge >= 0.3 is 41.8 Å². The molecule has 0 saturated carbocycles. The van der Waals surface area contributed by atoms with Crippen molar-refractivity contribution < 1.29 is 19.4 Å². The molecule has 1 nitrogen and oxygen atoms in total. The van der Waals surface area contributed by atoms with Crippen molar-refractivity contribution in [2.45, 2.75) is 0 Å². The first-order chi connectivity index (χ1) is 2.41. The molecule has 0 fully saturated rings. The molecule has 0 aliphatic carbocycles. The Hall–Kier alpha value is 0.0983. The van der Waals surface area contributed by atoms with Crippen LogP contribution in [0.1, 0.15) is 0 Å². The summed E-state index contributed by atoms with van der Waals surface area (Å²) in [7, 11) is 0. The van der Waals surface area contributed by atoms with Crippen LogP contribution in [0.3, 0.4) is 0 Å². The van der Waals surface area contributed by atoms with Gasteiger partial charge in [0.25, 0.3) is 0 Å². The zero-order chi connectivity index (χ0) is 4.12. The van der Waals surface area contributed by atoms with Gasteiger partial charge in [-0.15, -0.1) is 0 Å². The number of hydrogen-bond acceptors (Lipinski definition) is 0. The van der Waals surface area contributed by atoms with Crippen molar-refractivity contribution in [1.29, 1.82) is 0 Å². The van der Waals surface area contributed by atoms with E-state index in [-0.39, 0.29) is 0 Å². The van der Waals surface area contributed by atoms with Crippen molar-refractivity contribution in [2.24, 2.45) is 0 Å². The van der Waals surface area contributed by atoms with Crippen LogP contribution in [0.25, 0.3) is 5.73 Å². The van der Waals surface area contributed by atoms with Gasteiger partial charge in [-0.3, -0.25) is 0 Å². The average Bonchev–Trinajstić information content (AvgIpc) is 1.41. The molecule has 0 aromatic heterocycles. The monoisotopic (exact) mass is 238 g/mol.